The van der Waals surface area contributed by atoms with Gasteiger partial charge in [-0.3, -0.25) is 4.79 Å². The lowest BCUT2D eigenvalue weighted by Gasteiger charge is -2.24. The smallest absolute Gasteiger partial charge is 0.222 e. The highest BCUT2D eigenvalue weighted by atomic mass is 16.3. The van der Waals surface area contributed by atoms with Gasteiger partial charge in [0.25, 0.3) is 0 Å². The van der Waals surface area contributed by atoms with E-state index in [1.54, 1.807) is 0 Å². The van der Waals surface area contributed by atoms with Gasteiger partial charge >= 0.3 is 0 Å². The first kappa shape index (κ1) is 12.8. The molecular formula is C13H24N2O2. The summed E-state index contributed by atoms with van der Waals surface area (Å²) in [6.07, 6.45) is 5.00. The molecule has 0 spiro atoms. The molecule has 2 aliphatic rings. The molecule has 0 saturated carbocycles. The van der Waals surface area contributed by atoms with E-state index in [1.165, 1.54) is 12.8 Å². The summed E-state index contributed by atoms with van der Waals surface area (Å²) in [5, 5.41) is 12.3. The van der Waals surface area contributed by atoms with Crippen molar-refractivity contribution < 1.29 is 9.90 Å². The van der Waals surface area contributed by atoms with E-state index in [0.29, 0.717) is 24.2 Å². The molecule has 2 atom stereocenters. The molecule has 0 aromatic rings. The number of carbonyl (C=O) groups excluding carboxylic acids is 1. The highest BCUT2D eigenvalue weighted by Gasteiger charge is 2.27. The van der Waals surface area contributed by atoms with Crippen LogP contribution in [0.25, 0.3) is 0 Å². The standard InChI is InChI=1S/C13H24N2O2/c16-7-4-11-3-6-15(10-11)13(17)8-12-2-1-5-14-9-12/h11-12,14,16H,1-10H2. The molecule has 2 aliphatic heterocycles. The largest absolute Gasteiger partial charge is 0.396 e. The molecule has 0 aromatic heterocycles. The van der Waals surface area contributed by atoms with Crippen molar-refractivity contribution in [3.63, 3.8) is 0 Å². The van der Waals surface area contributed by atoms with E-state index in [4.69, 9.17) is 5.11 Å². The summed E-state index contributed by atoms with van der Waals surface area (Å²) < 4.78 is 0. The van der Waals surface area contributed by atoms with Gasteiger partial charge in [0.1, 0.15) is 0 Å². The number of likely N-dealkylation sites (tertiary alicyclic amines) is 1. The maximum absolute atomic E-state index is 12.1. The third-order valence-electron chi connectivity index (χ3n) is 4.04. The molecule has 0 bridgehead atoms. The van der Waals surface area contributed by atoms with Gasteiger partial charge in [-0.25, -0.2) is 0 Å². The third kappa shape index (κ3) is 3.68. The van der Waals surface area contributed by atoms with E-state index < -0.39 is 0 Å². The summed E-state index contributed by atoms with van der Waals surface area (Å²) in [5.74, 6) is 1.38. The number of hydrogen-bond acceptors (Lipinski definition) is 3. The number of rotatable bonds is 4. The average Bonchev–Trinajstić information content (AvgIpc) is 2.79. The van der Waals surface area contributed by atoms with Gasteiger partial charge in [0.05, 0.1) is 0 Å². The van der Waals surface area contributed by atoms with Crippen molar-refractivity contribution in [2.45, 2.75) is 32.1 Å². The molecular weight excluding hydrogens is 216 g/mol. The number of carbonyl (C=O) groups is 1. The van der Waals surface area contributed by atoms with Crippen LogP contribution in [0, 0.1) is 11.8 Å². The van der Waals surface area contributed by atoms with Crippen molar-refractivity contribution in [1.29, 1.82) is 0 Å². The number of hydrogen-bond donors (Lipinski definition) is 2. The van der Waals surface area contributed by atoms with Gasteiger partial charge in [-0.05, 0) is 50.6 Å². The number of aliphatic hydroxyl groups is 1. The predicted octanol–water partition coefficient (Wildman–Crippen LogP) is 0.607. The van der Waals surface area contributed by atoms with Crippen molar-refractivity contribution in [3.8, 4) is 0 Å². The van der Waals surface area contributed by atoms with Gasteiger partial charge in [-0.2, -0.15) is 0 Å². The van der Waals surface area contributed by atoms with Crippen molar-refractivity contribution in [1.82, 2.24) is 10.2 Å². The second kappa shape index (κ2) is 6.36. The summed E-state index contributed by atoms with van der Waals surface area (Å²) in [7, 11) is 0. The third-order valence-corrected chi connectivity index (χ3v) is 4.04. The van der Waals surface area contributed by atoms with Gasteiger partial charge in [0.2, 0.25) is 5.91 Å². The summed E-state index contributed by atoms with van der Waals surface area (Å²) in [6.45, 7) is 4.11. The van der Waals surface area contributed by atoms with Gasteiger partial charge in [0.15, 0.2) is 0 Å². The Bertz CT molecular complexity index is 252. The molecule has 4 nitrogen and oxygen atoms in total. The Morgan fingerprint density at radius 1 is 1.35 bits per heavy atom. The molecule has 17 heavy (non-hydrogen) atoms. The van der Waals surface area contributed by atoms with Crippen LogP contribution >= 0.6 is 0 Å². The number of aliphatic hydroxyl groups excluding tert-OH is 1. The van der Waals surface area contributed by atoms with Gasteiger partial charge in [-0.15, -0.1) is 0 Å². The molecule has 2 rings (SSSR count). The van der Waals surface area contributed by atoms with Crippen LogP contribution in [-0.4, -0.2) is 48.7 Å². The fourth-order valence-electron chi connectivity index (χ4n) is 2.95. The topological polar surface area (TPSA) is 52.6 Å². The zero-order valence-corrected chi connectivity index (χ0v) is 10.5. The highest BCUT2D eigenvalue weighted by Crippen LogP contribution is 2.22. The number of piperidine rings is 1. The maximum atomic E-state index is 12.1. The number of nitrogens with one attached hydrogen (secondary N) is 1. The van der Waals surface area contributed by atoms with E-state index >= 15 is 0 Å². The average molecular weight is 240 g/mol. The lowest BCUT2D eigenvalue weighted by Crippen LogP contribution is -2.35. The summed E-state index contributed by atoms with van der Waals surface area (Å²) >= 11 is 0. The molecule has 4 heteroatoms. The maximum Gasteiger partial charge on any atom is 0.222 e. The summed E-state index contributed by atoms with van der Waals surface area (Å²) in [4.78, 5) is 14.1. The van der Waals surface area contributed by atoms with Crippen LogP contribution in [0.1, 0.15) is 32.1 Å². The summed E-state index contributed by atoms with van der Waals surface area (Å²) in [6, 6.07) is 0. The molecule has 0 aromatic carbocycles. The molecule has 98 valence electrons. The monoisotopic (exact) mass is 240 g/mol. The quantitative estimate of drug-likeness (QED) is 0.757. The molecule has 2 saturated heterocycles. The van der Waals surface area contributed by atoms with E-state index in [1.807, 2.05) is 4.90 Å². The Balaban J connectivity index is 1.72. The van der Waals surface area contributed by atoms with E-state index in [-0.39, 0.29) is 6.61 Å². The van der Waals surface area contributed by atoms with Crippen molar-refractivity contribution >= 4 is 5.91 Å². The van der Waals surface area contributed by atoms with Gasteiger partial charge in [-0.1, -0.05) is 0 Å². The number of amides is 1. The molecule has 1 amide bonds. The zero-order chi connectivity index (χ0) is 12.1. The lowest BCUT2D eigenvalue weighted by molar-refractivity contribution is -0.131. The Labute approximate surface area is 103 Å². The van der Waals surface area contributed by atoms with E-state index in [2.05, 4.69) is 5.32 Å². The summed E-state index contributed by atoms with van der Waals surface area (Å²) in [5.41, 5.74) is 0. The number of nitrogens with zero attached hydrogens (tertiary/aromatic N) is 1. The second-order valence-corrected chi connectivity index (χ2v) is 5.42. The van der Waals surface area contributed by atoms with Crippen molar-refractivity contribution in [2.24, 2.45) is 11.8 Å². The lowest BCUT2D eigenvalue weighted by atomic mass is 9.95. The minimum Gasteiger partial charge on any atom is -0.396 e. The molecule has 0 aliphatic carbocycles. The highest BCUT2D eigenvalue weighted by molar-refractivity contribution is 5.76. The van der Waals surface area contributed by atoms with Crippen LogP contribution < -0.4 is 5.32 Å². The second-order valence-electron chi connectivity index (χ2n) is 5.42. The van der Waals surface area contributed by atoms with Crippen LogP contribution in [-0.2, 0) is 4.79 Å². The Kier molecular flexibility index (Phi) is 4.80. The first-order chi connectivity index (χ1) is 8.29. The SMILES string of the molecule is O=C(CC1CCCNC1)N1CCC(CCO)C1. The van der Waals surface area contributed by atoms with Crippen LogP contribution in [0.4, 0.5) is 0 Å². The molecule has 2 unspecified atom stereocenters. The Morgan fingerprint density at radius 3 is 2.94 bits per heavy atom. The first-order valence-electron chi connectivity index (χ1n) is 6.89. The van der Waals surface area contributed by atoms with Gasteiger partial charge in [0, 0.05) is 26.1 Å². The fraction of sp³-hybridized carbons (Fsp3) is 0.923. The van der Waals surface area contributed by atoms with Crippen LogP contribution in [0.15, 0.2) is 0 Å². The minimum atomic E-state index is 0.249. The molecule has 2 heterocycles. The Morgan fingerprint density at radius 2 is 2.24 bits per heavy atom. The van der Waals surface area contributed by atoms with Crippen LogP contribution in [0.3, 0.4) is 0 Å². The van der Waals surface area contributed by atoms with Crippen LogP contribution in [0.5, 0.6) is 0 Å². The van der Waals surface area contributed by atoms with E-state index in [9.17, 15) is 4.79 Å². The zero-order valence-electron chi connectivity index (χ0n) is 10.5. The van der Waals surface area contributed by atoms with E-state index in [0.717, 1.165) is 39.0 Å². The Hall–Kier alpha value is -0.610. The first-order valence-corrected chi connectivity index (χ1v) is 6.89. The van der Waals surface area contributed by atoms with Crippen molar-refractivity contribution in [2.75, 3.05) is 32.8 Å². The fourth-order valence-corrected chi connectivity index (χ4v) is 2.95. The molecule has 2 fully saturated rings. The minimum absolute atomic E-state index is 0.249. The van der Waals surface area contributed by atoms with Crippen LogP contribution in [0.2, 0.25) is 0 Å². The van der Waals surface area contributed by atoms with Gasteiger partial charge < -0.3 is 15.3 Å². The normalized spacial score (nSPS) is 29.6. The predicted molar refractivity (Wildman–Crippen MR) is 66.6 cm³/mol. The molecule has 0 radical (unpaired) electrons. The molecule has 2 N–H and O–H groups in total. The van der Waals surface area contributed by atoms with Crippen molar-refractivity contribution in [3.05, 3.63) is 0 Å².